The highest BCUT2D eigenvalue weighted by atomic mass is 32.2. The van der Waals surface area contributed by atoms with E-state index in [2.05, 4.69) is 5.43 Å². The second kappa shape index (κ2) is 3.44. The lowest BCUT2D eigenvalue weighted by molar-refractivity contribution is 0.216. The van der Waals surface area contributed by atoms with Crippen LogP contribution in [0.5, 0.6) is 0 Å². The Morgan fingerprint density at radius 1 is 1.14 bits per heavy atom. The van der Waals surface area contributed by atoms with Crippen molar-refractivity contribution in [3.05, 3.63) is 0 Å². The molecule has 0 aromatic heterocycles. The van der Waals surface area contributed by atoms with Crippen molar-refractivity contribution >= 4 is 10.2 Å². The summed E-state index contributed by atoms with van der Waals surface area (Å²) in [6.07, 6.45) is 6.66. The zero-order valence-corrected chi connectivity index (χ0v) is 9.02. The van der Waals surface area contributed by atoms with Crippen LogP contribution in [0.4, 0.5) is 0 Å². The average molecular weight is 219 g/mol. The fourth-order valence-electron chi connectivity index (χ4n) is 2.47. The van der Waals surface area contributed by atoms with E-state index in [-0.39, 0.29) is 5.54 Å². The molecule has 2 aliphatic rings. The van der Waals surface area contributed by atoms with Crippen LogP contribution in [0.25, 0.3) is 0 Å². The van der Waals surface area contributed by atoms with E-state index in [4.69, 9.17) is 5.14 Å². The van der Waals surface area contributed by atoms with Gasteiger partial charge in [-0.05, 0) is 19.3 Å². The number of hydrogen-bond acceptors (Lipinski definition) is 3. The van der Waals surface area contributed by atoms with Crippen LogP contribution in [-0.2, 0) is 10.2 Å². The predicted octanol–water partition coefficient (Wildman–Crippen LogP) is 0.103. The second-order valence-corrected chi connectivity index (χ2v) is 5.79. The fraction of sp³-hybridized carbons (Fsp3) is 1.00. The SMILES string of the molecule is NS(=O)(=O)N1CCC2(CCCCC2)N1. The molecule has 1 saturated carbocycles. The molecular formula is C8H17N3O2S. The van der Waals surface area contributed by atoms with Crippen molar-refractivity contribution in [3.63, 3.8) is 0 Å². The molecule has 5 nitrogen and oxygen atoms in total. The van der Waals surface area contributed by atoms with Crippen molar-refractivity contribution in [1.29, 1.82) is 0 Å². The Labute approximate surface area is 84.8 Å². The summed E-state index contributed by atoms with van der Waals surface area (Å²) in [7, 11) is -3.56. The molecule has 0 aromatic rings. The van der Waals surface area contributed by atoms with Gasteiger partial charge in [0.2, 0.25) is 0 Å². The molecule has 6 heteroatoms. The molecule has 0 unspecified atom stereocenters. The third-order valence-electron chi connectivity index (χ3n) is 3.27. The van der Waals surface area contributed by atoms with Gasteiger partial charge in [0.25, 0.3) is 10.2 Å². The monoisotopic (exact) mass is 219 g/mol. The molecule has 82 valence electrons. The standard InChI is InChI=1S/C8H17N3O2S/c9-14(12,13)11-7-6-8(10-11)4-2-1-3-5-8/h10H,1-7H2,(H2,9,12,13). The van der Waals surface area contributed by atoms with Crippen LogP contribution in [-0.4, -0.2) is 24.9 Å². The summed E-state index contributed by atoms with van der Waals surface area (Å²) in [5.74, 6) is 0. The summed E-state index contributed by atoms with van der Waals surface area (Å²) in [5, 5.41) is 5.07. The van der Waals surface area contributed by atoms with E-state index in [1.54, 1.807) is 0 Å². The van der Waals surface area contributed by atoms with Gasteiger partial charge in [-0.25, -0.2) is 10.6 Å². The number of rotatable bonds is 1. The molecule has 0 atom stereocenters. The average Bonchev–Trinajstić information content (AvgIpc) is 2.50. The maximum Gasteiger partial charge on any atom is 0.289 e. The van der Waals surface area contributed by atoms with E-state index in [0.29, 0.717) is 6.54 Å². The zero-order chi connectivity index (χ0) is 10.2. The first-order chi connectivity index (χ1) is 6.52. The molecule has 0 amide bonds. The summed E-state index contributed by atoms with van der Waals surface area (Å²) < 4.78 is 23.4. The largest absolute Gasteiger partial charge is 0.289 e. The van der Waals surface area contributed by atoms with Crippen LogP contribution in [0.3, 0.4) is 0 Å². The molecule has 1 spiro atoms. The highest BCUT2D eigenvalue weighted by Gasteiger charge is 2.41. The Morgan fingerprint density at radius 3 is 2.29 bits per heavy atom. The van der Waals surface area contributed by atoms with Crippen molar-refractivity contribution in [2.45, 2.75) is 44.1 Å². The molecule has 0 bridgehead atoms. The Kier molecular flexibility index (Phi) is 2.55. The molecule has 0 radical (unpaired) electrons. The highest BCUT2D eigenvalue weighted by Crippen LogP contribution is 2.34. The van der Waals surface area contributed by atoms with Crippen molar-refractivity contribution in [1.82, 2.24) is 9.84 Å². The Hall–Kier alpha value is -0.170. The van der Waals surface area contributed by atoms with Gasteiger partial charge < -0.3 is 0 Å². The minimum absolute atomic E-state index is 0.0185. The third kappa shape index (κ3) is 1.93. The fourth-order valence-corrected chi connectivity index (χ4v) is 3.14. The van der Waals surface area contributed by atoms with Gasteiger partial charge in [0.1, 0.15) is 0 Å². The molecule has 0 aromatic carbocycles. The normalized spacial score (nSPS) is 28.4. The lowest BCUT2D eigenvalue weighted by Crippen LogP contribution is -2.50. The Bertz CT molecular complexity index is 309. The number of hydrazine groups is 1. The number of nitrogens with two attached hydrogens (primary N) is 1. The van der Waals surface area contributed by atoms with E-state index in [1.807, 2.05) is 0 Å². The smallest absolute Gasteiger partial charge is 0.234 e. The molecule has 1 saturated heterocycles. The van der Waals surface area contributed by atoms with E-state index >= 15 is 0 Å². The summed E-state index contributed by atoms with van der Waals surface area (Å²) in [4.78, 5) is 0. The molecule has 1 heterocycles. The quantitative estimate of drug-likeness (QED) is 0.657. The molecule has 3 N–H and O–H groups in total. The van der Waals surface area contributed by atoms with Gasteiger partial charge in [-0.15, -0.1) is 4.41 Å². The first kappa shape index (κ1) is 10.4. The van der Waals surface area contributed by atoms with Gasteiger partial charge in [0, 0.05) is 12.1 Å². The maximum absolute atomic E-state index is 11.1. The molecular weight excluding hydrogens is 202 g/mol. The van der Waals surface area contributed by atoms with Crippen LogP contribution in [0.1, 0.15) is 38.5 Å². The van der Waals surface area contributed by atoms with Crippen molar-refractivity contribution in [2.24, 2.45) is 5.14 Å². The molecule has 14 heavy (non-hydrogen) atoms. The molecule has 2 fully saturated rings. The Morgan fingerprint density at radius 2 is 1.79 bits per heavy atom. The summed E-state index contributed by atoms with van der Waals surface area (Å²) >= 11 is 0. The van der Waals surface area contributed by atoms with Gasteiger partial charge in [-0.1, -0.05) is 19.3 Å². The van der Waals surface area contributed by atoms with Gasteiger partial charge in [-0.3, -0.25) is 0 Å². The van der Waals surface area contributed by atoms with Crippen LogP contribution in [0, 0.1) is 0 Å². The predicted molar refractivity (Wildman–Crippen MR) is 53.4 cm³/mol. The number of nitrogens with zero attached hydrogens (tertiary/aromatic N) is 1. The minimum atomic E-state index is -3.56. The first-order valence-corrected chi connectivity index (χ1v) is 6.61. The van der Waals surface area contributed by atoms with E-state index < -0.39 is 10.2 Å². The first-order valence-electron chi connectivity index (χ1n) is 5.10. The lowest BCUT2D eigenvalue weighted by atomic mass is 9.81. The van der Waals surface area contributed by atoms with Gasteiger partial charge >= 0.3 is 0 Å². The number of hydrogen-bond donors (Lipinski definition) is 2. The van der Waals surface area contributed by atoms with E-state index in [0.717, 1.165) is 19.3 Å². The Balaban J connectivity index is 2.06. The van der Waals surface area contributed by atoms with Gasteiger partial charge in [-0.2, -0.15) is 8.42 Å². The van der Waals surface area contributed by atoms with Crippen molar-refractivity contribution in [3.8, 4) is 0 Å². The summed E-state index contributed by atoms with van der Waals surface area (Å²) in [6.45, 7) is 0.513. The molecule has 1 aliphatic heterocycles. The van der Waals surface area contributed by atoms with Crippen LogP contribution in [0.2, 0.25) is 0 Å². The lowest BCUT2D eigenvalue weighted by Gasteiger charge is -2.33. The topological polar surface area (TPSA) is 75.4 Å². The van der Waals surface area contributed by atoms with Crippen molar-refractivity contribution < 1.29 is 8.42 Å². The van der Waals surface area contributed by atoms with Gasteiger partial charge in [0.15, 0.2) is 0 Å². The molecule has 1 aliphatic carbocycles. The minimum Gasteiger partial charge on any atom is -0.234 e. The molecule has 2 rings (SSSR count). The summed E-state index contributed by atoms with van der Waals surface area (Å²) in [6, 6.07) is 0. The van der Waals surface area contributed by atoms with Gasteiger partial charge in [0.05, 0.1) is 0 Å². The van der Waals surface area contributed by atoms with Crippen LogP contribution >= 0.6 is 0 Å². The van der Waals surface area contributed by atoms with Crippen molar-refractivity contribution in [2.75, 3.05) is 6.54 Å². The van der Waals surface area contributed by atoms with Crippen LogP contribution in [0.15, 0.2) is 0 Å². The maximum atomic E-state index is 11.1. The highest BCUT2D eigenvalue weighted by molar-refractivity contribution is 7.86. The number of nitrogens with one attached hydrogen (secondary N) is 1. The van der Waals surface area contributed by atoms with E-state index in [9.17, 15) is 8.42 Å². The third-order valence-corrected chi connectivity index (χ3v) is 4.16. The zero-order valence-electron chi connectivity index (χ0n) is 8.20. The second-order valence-electron chi connectivity index (χ2n) is 4.32. The van der Waals surface area contributed by atoms with Crippen LogP contribution < -0.4 is 10.6 Å². The van der Waals surface area contributed by atoms with E-state index in [1.165, 1.54) is 23.7 Å². The summed E-state index contributed by atoms with van der Waals surface area (Å²) in [5.41, 5.74) is 3.09.